The lowest BCUT2D eigenvalue weighted by Crippen LogP contribution is -2.14. The fourth-order valence-electron chi connectivity index (χ4n) is 2.48. The van der Waals surface area contributed by atoms with Crippen molar-refractivity contribution >= 4 is 34.6 Å². The van der Waals surface area contributed by atoms with Gasteiger partial charge in [-0.2, -0.15) is 0 Å². The van der Waals surface area contributed by atoms with Crippen molar-refractivity contribution in [2.24, 2.45) is 0 Å². The van der Waals surface area contributed by atoms with Crippen LogP contribution in [0, 0.1) is 0 Å². The zero-order valence-electron chi connectivity index (χ0n) is 14.2. The highest BCUT2D eigenvalue weighted by Crippen LogP contribution is 2.26. The van der Waals surface area contributed by atoms with Gasteiger partial charge in [-0.1, -0.05) is 65.7 Å². The normalized spacial score (nSPS) is 10.4. The van der Waals surface area contributed by atoms with Gasteiger partial charge in [-0.3, -0.25) is 0 Å². The fraction of sp³-hybridized carbons (Fsp3) is 0.143. The van der Waals surface area contributed by atoms with Crippen molar-refractivity contribution in [2.45, 2.75) is 6.61 Å². The molecule has 3 rings (SSSR count). The second kappa shape index (κ2) is 9.37. The minimum absolute atomic E-state index is 0.543. The number of rotatable bonds is 8. The van der Waals surface area contributed by atoms with Gasteiger partial charge in [-0.25, -0.2) is 0 Å². The summed E-state index contributed by atoms with van der Waals surface area (Å²) in [4.78, 5) is 0. The van der Waals surface area contributed by atoms with Gasteiger partial charge in [0.25, 0.3) is 0 Å². The van der Waals surface area contributed by atoms with Crippen LogP contribution < -0.4 is 15.4 Å². The summed E-state index contributed by atoms with van der Waals surface area (Å²) in [6.45, 7) is 2.03. The summed E-state index contributed by atoms with van der Waals surface area (Å²) in [6.07, 6.45) is 0. The minimum Gasteiger partial charge on any atom is -0.487 e. The summed E-state index contributed by atoms with van der Waals surface area (Å²) in [5, 5.41) is 7.81. The molecule has 3 aromatic rings. The Bertz CT molecular complexity index is 840. The lowest BCUT2D eigenvalue weighted by atomic mass is 10.2. The molecule has 2 N–H and O–H groups in total. The molecule has 0 radical (unpaired) electrons. The van der Waals surface area contributed by atoms with Crippen molar-refractivity contribution in [1.82, 2.24) is 0 Å². The van der Waals surface area contributed by atoms with Crippen LogP contribution in [0.3, 0.4) is 0 Å². The third-order valence-corrected chi connectivity index (χ3v) is 4.55. The van der Waals surface area contributed by atoms with Gasteiger partial charge in [0.05, 0.1) is 15.7 Å². The molecule has 0 saturated heterocycles. The van der Waals surface area contributed by atoms with E-state index in [1.165, 1.54) is 0 Å². The van der Waals surface area contributed by atoms with Gasteiger partial charge < -0.3 is 15.4 Å². The zero-order valence-corrected chi connectivity index (χ0v) is 15.7. The van der Waals surface area contributed by atoms with Gasteiger partial charge in [-0.05, 0) is 35.9 Å². The van der Waals surface area contributed by atoms with Crippen LogP contribution in [0.5, 0.6) is 5.75 Å². The monoisotopic (exact) mass is 386 g/mol. The summed E-state index contributed by atoms with van der Waals surface area (Å²) >= 11 is 12.0. The average molecular weight is 387 g/mol. The van der Waals surface area contributed by atoms with E-state index in [1.807, 2.05) is 54.6 Å². The predicted octanol–water partition coefficient (Wildman–Crippen LogP) is 6.10. The van der Waals surface area contributed by atoms with Gasteiger partial charge in [0.15, 0.2) is 0 Å². The molecular weight excluding hydrogens is 367 g/mol. The number of hydrogen-bond acceptors (Lipinski definition) is 3. The fourth-order valence-corrected chi connectivity index (χ4v) is 2.78. The maximum Gasteiger partial charge on any atom is 0.142 e. The maximum atomic E-state index is 6.02. The molecule has 26 heavy (non-hydrogen) atoms. The largest absolute Gasteiger partial charge is 0.487 e. The highest BCUT2D eigenvalue weighted by atomic mass is 35.5. The summed E-state index contributed by atoms with van der Waals surface area (Å²) in [5.74, 6) is 0.839. The first-order valence-electron chi connectivity index (χ1n) is 8.41. The zero-order chi connectivity index (χ0) is 18.2. The molecule has 0 aliphatic heterocycles. The Morgan fingerprint density at radius 2 is 1.46 bits per heavy atom. The van der Waals surface area contributed by atoms with Crippen LogP contribution in [0.2, 0.25) is 10.0 Å². The molecule has 0 heterocycles. The highest BCUT2D eigenvalue weighted by Gasteiger charge is 2.03. The molecule has 0 atom stereocenters. The Morgan fingerprint density at radius 3 is 2.27 bits per heavy atom. The third kappa shape index (κ3) is 5.32. The quantitative estimate of drug-likeness (QED) is 0.459. The van der Waals surface area contributed by atoms with Gasteiger partial charge in [0, 0.05) is 18.8 Å². The molecule has 0 unspecified atom stereocenters. The first-order valence-corrected chi connectivity index (χ1v) is 9.16. The molecule has 0 aromatic heterocycles. The van der Waals surface area contributed by atoms with Crippen LogP contribution >= 0.6 is 23.2 Å². The van der Waals surface area contributed by atoms with Gasteiger partial charge in [0.1, 0.15) is 12.4 Å². The molecule has 5 heteroatoms. The van der Waals surface area contributed by atoms with E-state index in [4.69, 9.17) is 27.9 Å². The second-order valence-electron chi connectivity index (χ2n) is 5.75. The van der Waals surface area contributed by atoms with Crippen LogP contribution in [0.25, 0.3) is 0 Å². The van der Waals surface area contributed by atoms with Crippen molar-refractivity contribution in [3.63, 3.8) is 0 Å². The number of hydrogen-bond donors (Lipinski definition) is 2. The Kier molecular flexibility index (Phi) is 6.64. The van der Waals surface area contributed by atoms with Crippen molar-refractivity contribution in [1.29, 1.82) is 0 Å². The summed E-state index contributed by atoms with van der Waals surface area (Å²) in [7, 11) is 0. The number of halogens is 2. The SMILES string of the molecule is Clc1ccc(NCCNc2ccccc2OCc2ccccc2)cc1Cl. The van der Waals surface area contributed by atoms with E-state index >= 15 is 0 Å². The molecule has 0 amide bonds. The molecular formula is C21H20Cl2N2O. The molecule has 0 aliphatic carbocycles. The van der Waals surface area contributed by atoms with Gasteiger partial charge in [0.2, 0.25) is 0 Å². The van der Waals surface area contributed by atoms with Crippen molar-refractivity contribution in [3.05, 3.63) is 88.4 Å². The number of benzene rings is 3. The number of nitrogens with one attached hydrogen (secondary N) is 2. The van der Waals surface area contributed by atoms with E-state index < -0.39 is 0 Å². The number of ether oxygens (including phenoxy) is 1. The Balaban J connectivity index is 1.50. The molecule has 3 aromatic carbocycles. The minimum atomic E-state index is 0.543. The molecule has 0 spiro atoms. The van der Waals surface area contributed by atoms with Crippen molar-refractivity contribution in [3.8, 4) is 5.75 Å². The second-order valence-corrected chi connectivity index (χ2v) is 6.57. The average Bonchev–Trinajstić information content (AvgIpc) is 2.68. The lowest BCUT2D eigenvalue weighted by molar-refractivity contribution is 0.307. The van der Waals surface area contributed by atoms with Gasteiger partial charge >= 0.3 is 0 Å². The van der Waals surface area contributed by atoms with Crippen molar-refractivity contribution < 1.29 is 4.74 Å². The van der Waals surface area contributed by atoms with E-state index in [2.05, 4.69) is 22.8 Å². The molecule has 0 bridgehead atoms. The van der Waals surface area contributed by atoms with Gasteiger partial charge in [-0.15, -0.1) is 0 Å². The number of para-hydroxylation sites is 2. The molecule has 3 nitrogen and oxygen atoms in total. The van der Waals surface area contributed by atoms with E-state index in [1.54, 1.807) is 6.07 Å². The smallest absolute Gasteiger partial charge is 0.142 e. The molecule has 0 fully saturated rings. The van der Waals surface area contributed by atoms with E-state index in [0.717, 1.165) is 35.8 Å². The van der Waals surface area contributed by atoms with Crippen LogP contribution in [0.1, 0.15) is 5.56 Å². The molecule has 134 valence electrons. The lowest BCUT2D eigenvalue weighted by Gasteiger charge is -2.14. The molecule has 0 saturated carbocycles. The first kappa shape index (κ1) is 18.4. The number of anilines is 2. The Morgan fingerprint density at radius 1 is 0.731 bits per heavy atom. The highest BCUT2D eigenvalue weighted by molar-refractivity contribution is 6.42. The van der Waals surface area contributed by atoms with E-state index in [-0.39, 0.29) is 0 Å². The van der Waals surface area contributed by atoms with Crippen LogP contribution in [-0.4, -0.2) is 13.1 Å². The Labute approximate surface area is 163 Å². The van der Waals surface area contributed by atoms with Crippen LogP contribution in [0.4, 0.5) is 11.4 Å². The maximum absolute atomic E-state index is 6.02. The van der Waals surface area contributed by atoms with Crippen LogP contribution in [0.15, 0.2) is 72.8 Å². The summed E-state index contributed by atoms with van der Waals surface area (Å²) in [5.41, 5.74) is 3.05. The van der Waals surface area contributed by atoms with E-state index in [9.17, 15) is 0 Å². The molecule has 0 aliphatic rings. The third-order valence-electron chi connectivity index (χ3n) is 3.81. The van der Waals surface area contributed by atoms with E-state index in [0.29, 0.717) is 16.7 Å². The topological polar surface area (TPSA) is 33.3 Å². The predicted molar refractivity (Wildman–Crippen MR) is 111 cm³/mol. The summed E-state index contributed by atoms with van der Waals surface area (Å²) in [6, 6.07) is 23.6. The van der Waals surface area contributed by atoms with Crippen molar-refractivity contribution in [2.75, 3.05) is 23.7 Å². The Hall–Kier alpha value is -2.36. The summed E-state index contributed by atoms with van der Waals surface area (Å²) < 4.78 is 5.95. The standard InChI is InChI=1S/C21H20Cl2N2O/c22-18-11-10-17(14-19(18)23)24-12-13-25-20-8-4-5-9-21(20)26-15-16-6-2-1-3-7-16/h1-11,14,24-25H,12-13,15H2. The first-order chi connectivity index (χ1) is 12.7. The van der Waals surface area contributed by atoms with Crippen LogP contribution in [-0.2, 0) is 6.61 Å².